The molecule has 0 atom stereocenters. The van der Waals surface area contributed by atoms with Crippen LogP contribution in [0.2, 0.25) is 0 Å². The zero-order valence-electron chi connectivity index (χ0n) is 27.2. The maximum absolute atomic E-state index is 13.5. The third-order valence-corrected chi connectivity index (χ3v) is 8.49. The lowest BCUT2D eigenvalue weighted by atomic mass is 9.88. The van der Waals surface area contributed by atoms with E-state index in [1.165, 1.54) is 62.5 Å². The second kappa shape index (κ2) is 16.4. The number of rotatable bonds is 16. The van der Waals surface area contributed by atoms with Crippen LogP contribution in [-0.4, -0.2) is 19.1 Å². The van der Waals surface area contributed by atoms with E-state index in [1.54, 1.807) is 0 Å². The molecule has 1 aliphatic heterocycles. The van der Waals surface area contributed by atoms with Crippen LogP contribution >= 0.6 is 0 Å². The minimum atomic E-state index is -0.262. The van der Waals surface area contributed by atoms with Gasteiger partial charge in [0.15, 0.2) is 0 Å². The maximum atomic E-state index is 13.5. The molecule has 0 N–H and O–H groups in total. The highest BCUT2D eigenvalue weighted by Gasteiger charge is 2.23. The van der Waals surface area contributed by atoms with Crippen LogP contribution in [0.15, 0.2) is 57.9 Å². The summed E-state index contributed by atoms with van der Waals surface area (Å²) in [6.45, 7) is 11.9. The highest BCUT2D eigenvalue weighted by Crippen LogP contribution is 2.42. The third-order valence-electron chi connectivity index (χ3n) is 8.49. The predicted molar refractivity (Wildman–Crippen MR) is 180 cm³/mol. The fourth-order valence-corrected chi connectivity index (χ4v) is 6.11. The molecule has 4 nitrogen and oxygen atoms in total. The van der Waals surface area contributed by atoms with Crippen molar-refractivity contribution in [2.75, 3.05) is 13.2 Å². The number of hydrogen-bond acceptors (Lipinski definition) is 4. The summed E-state index contributed by atoms with van der Waals surface area (Å²) in [6.07, 6.45) is 14.6. The number of carbonyl (C=O) groups is 1. The van der Waals surface area contributed by atoms with Crippen molar-refractivity contribution in [1.29, 1.82) is 0 Å². The van der Waals surface area contributed by atoms with Crippen molar-refractivity contribution in [2.45, 2.75) is 112 Å². The summed E-state index contributed by atoms with van der Waals surface area (Å²) >= 11 is 0. The molecule has 0 aromatic heterocycles. The summed E-state index contributed by atoms with van der Waals surface area (Å²) < 4.78 is 12.4. The molecule has 2 aromatic carbocycles. The summed E-state index contributed by atoms with van der Waals surface area (Å²) in [7, 11) is 0. The Morgan fingerprint density at radius 2 is 1.47 bits per heavy atom. The first-order valence-electron chi connectivity index (χ1n) is 16.8. The number of esters is 1. The number of aryl methyl sites for hydroxylation is 3. The van der Waals surface area contributed by atoms with E-state index in [0.29, 0.717) is 18.7 Å². The van der Waals surface area contributed by atoms with E-state index >= 15 is 0 Å². The molecule has 230 valence electrons. The van der Waals surface area contributed by atoms with Gasteiger partial charge in [-0.1, -0.05) is 96.3 Å². The summed E-state index contributed by atoms with van der Waals surface area (Å²) in [4.78, 5) is 18.2. The molecular weight excluding hydrogens is 530 g/mol. The van der Waals surface area contributed by atoms with Gasteiger partial charge in [-0.15, -0.1) is 0 Å². The molecule has 0 spiro atoms. The number of nitrogens with zero attached hydrogens (tertiary/aromatic N) is 1. The smallest absolute Gasteiger partial charge is 0.338 e. The van der Waals surface area contributed by atoms with E-state index in [4.69, 9.17) is 14.1 Å². The first-order chi connectivity index (χ1) is 21.0. The van der Waals surface area contributed by atoms with Gasteiger partial charge in [-0.3, -0.25) is 4.99 Å². The number of carbonyl (C=O) groups excluding carboxylic acids is 1. The first kappa shape index (κ1) is 32.5. The number of benzene rings is 3. The molecule has 0 amide bonds. The summed E-state index contributed by atoms with van der Waals surface area (Å²) in [5.74, 6) is 0.516. The van der Waals surface area contributed by atoms with Crippen LogP contribution in [-0.2, 0) is 11.2 Å². The van der Waals surface area contributed by atoms with Gasteiger partial charge in [-0.05, 0) is 80.1 Å². The molecule has 0 radical (unpaired) electrons. The van der Waals surface area contributed by atoms with E-state index in [2.05, 4.69) is 45.9 Å². The Kier molecular flexibility index (Phi) is 12.4. The van der Waals surface area contributed by atoms with Crippen LogP contribution in [0.1, 0.15) is 118 Å². The molecule has 0 saturated carbocycles. The molecule has 1 aliphatic carbocycles. The quantitative estimate of drug-likeness (QED) is 0.0751. The lowest BCUT2D eigenvalue weighted by Crippen LogP contribution is -2.11. The first-order valence-corrected chi connectivity index (χ1v) is 16.8. The van der Waals surface area contributed by atoms with Crippen molar-refractivity contribution in [3.8, 4) is 22.5 Å². The second-order valence-corrected chi connectivity index (χ2v) is 12.0. The topological polar surface area (TPSA) is 51.8 Å². The van der Waals surface area contributed by atoms with Crippen molar-refractivity contribution in [3.63, 3.8) is 0 Å². The summed E-state index contributed by atoms with van der Waals surface area (Å²) in [5.41, 5.74) is 7.92. The van der Waals surface area contributed by atoms with E-state index in [0.717, 1.165) is 70.0 Å². The van der Waals surface area contributed by atoms with Gasteiger partial charge >= 0.3 is 5.97 Å². The highest BCUT2D eigenvalue weighted by atomic mass is 16.5. The Morgan fingerprint density at radius 3 is 2.16 bits per heavy atom. The van der Waals surface area contributed by atoms with E-state index in [9.17, 15) is 4.79 Å². The van der Waals surface area contributed by atoms with Crippen molar-refractivity contribution >= 4 is 16.9 Å². The average Bonchev–Trinajstić information content (AvgIpc) is 3.00. The maximum Gasteiger partial charge on any atom is 0.338 e. The van der Waals surface area contributed by atoms with Crippen molar-refractivity contribution in [3.05, 3.63) is 76.1 Å². The van der Waals surface area contributed by atoms with Crippen molar-refractivity contribution < 1.29 is 13.9 Å². The average molecular weight is 582 g/mol. The van der Waals surface area contributed by atoms with Crippen molar-refractivity contribution in [2.24, 2.45) is 4.99 Å². The molecule has 0 saturated heterocycles. The van der Waals surface area contributed by atoms with Gasteiger partial charge in [0, 0.05) is 29.1 Å². The monoisotopic (exact) mass is 581 g/mol. The Morgan fingerprint density at radius 1 is 0.767 bits per heavy atom. The van der Waals surface area contributed by atoms with Gasteiger partial charge in [-0.25, -0.2) is 4.79 Å². The van der Waals surface area contributed by atoms with E-state index in [-0.39, 0.29) is 5.97 Å². The molecule has 2 aromatic rings. The minimum absolute atomic E-state index is 0.262. The summed E-state index contributed by atoms with van der Waals surface area (Å²) in [5, 5.41) is 1.95. The minimum Gasteiger partial charge on any atom is -0.462 e. The third kappa shape index (κ3) is 8.37. The van der Waals surface area contributed by atoms with Gasteiger partial charge in [0.2, 0.25) is 0 Å². The van der Waals surface area contributed by atoms with Gasteiger partial charge in [-0.2, -0.15) is 0 Å². The normalized spacial score (nSPS) is 12.0. The Balaban J connectivity index is 1.60. The lowest BCUT2D eigenvalue weighted by molar-refractivity contribution is 0.0498. The molecule has 2 aliphatic rings. The second-order valence-electron chi connectivity index (χ2n) is 12.0. The van der Waals surface area contributed by atoms with E-state index < -0.39 is 0 Å². The standard InChI is InChI=1S/C39H51NO3/c1-6-9-10-11-12-13-14-15-16-19-23-42-39(41)32-22-18-17-21-31(32)38-33-24-28(4)30(20-7-2)26-36(33)43-37-27-35(40-8-3)29(5)25-34(37)38/h17-18,21-22,24-27H,6-16,19-20,23H2,1-5H3. The fraction of sp³-hybridized carbons (Fsp3) is 0.487. The molecule has 1 heterocycles. The zero-order chi connectivity index (χ0) is 30.6. The van der Waals surface area contributed by atoms with Crippen LogP contribution < -0.4 is 5.36 Å². The van der Waals surface area contributed by atoms with Crippen LogP contribution in [0, 0.1) is 13.8 Å². The number of hydrogen-bond donors (Lipinski definition) is 0. The zero-order valence-corrected chi connectivity index (χ0v) is 27.2. The Labute approximate surface area is 258 Å². The molecule has 0 unspecified atom stereocenters. The molecule has 4 heteroatoms. The van der Waals surface area contributed by atoms with Crippen LogP contribution in [0.5, 0.6) is 0 Å². The largest absolute Gasteiger partial charge is 0.462 e. The number of ether oxygens (including phenoxy) is 1. The molecule has 0 fully saturated rings. The predicted octanol–water partition coefficient (Wildman–Crippen LogP) is 10.8. The van der Waals surface area contributed by atoms with Gasteiger partial charge in [0.1, 0.15) is 11.3 Å². The van der Waals surface area contributed by atoms with Gasteiger partial charge in [0.05, 0.1) is 17.5 Å². The molecule has 0 bridgehead atoms. The molecule has 43 heavy (non-hydrogen) atoms. The lowest BCUT2D eigenvalue weighted by Gasteiger charge is -2.19. The Hall–Kier alpha value is -3.40. The summed E-state index contributed by atoms with van der Waals surface area (Å²) in [6, 6.07) is 16.5. The van der Waals surface area contributed by atoms with Crippen LogP contribution in [0.4, 0.5) is 0 Å². The fourth-order valence-electron chi connectivity index (χ4n) is 6.11. The van der Waals surface area contributed by atoms with Crippen molar-refractivity contribution in [1.82, 2.24) is 0 Å². The highest BCUT2D eigenvalue weighted by molar-refractivity contribution is 6.08. The van der Waals surface area contributed by atoms with E-state index in [1.807, 2.05) is 37.3 Å². The SMILES string of the molecule is CCCCCCCCCCCCOC(=O)c1ccccc1-c1c2cc(C)c(=NCC)cc-2oc2cc(CCC)c(C)cc12. The van der Waals surface area contributed by atoms with Crippen LogP contribution in [0.3, 0.4) is 0 Å². The van der Waals surface area contributed by atoms with Gasteiger partial charge in [0.25, 0.3) is 0 Å². The molecular formula is C39H51NO3. The van der Waals surface area contributed by atoms with Crippen LogP contribution in [0.25, 0.3) is 33.4 Å². The number of fused-ring (bicyclic) bond motifs is 2. The van der Waals surface area contributed by atoms with Gasteiger partial charge < -0.3 is 9.15 Å². The number of unbranched alkanes of at least 4 members (excludes halogenated alkanes) is 9. The molecule has 4 rings (SSSR count). The Bertz CT molecular complexity index is 1530.